The van der Waals surface area contributed by atoms with Crippen molar-refractivity contribution in [1.29, 1.82) is 0 Å². The molecule has 0 radical (unpaired) electrons. The van der Waals surface area contributed by atoms with Crippen LogP contribution in [0, 0.1) is 6.92 Å². The summed E-state index contributed by atoms with van der Waals surface area (Å²) in [6.07, 6.45) is 2.11. The molecule has 0 saturated heterocycles. The van der Waals surface area contributed by atoms with Gasteiger partial charge in [-0.2, -0.15) is 0 Å². The Labute approximate surface area is 86.2 Å². The van der Waals surface area contributed by atoms with Gasteiger partial charge < -0.3 is 4.98 Å². The van der Waals surface area contributed by atoms with Gasteiger partial charge in [0, 0.05) is 17.1 Å². The smallest absolute Gasteiger partial charge is 0.0784 e. The van der Waals surface area contributed by atoms with E-state index in [1.54, 1.807) is 5.19 Å². The van der Waals surface area contributed by atoms with Crippen molar-refractivity contribution in [3.63, 3.8) is 0 Å². The molecule has 1 aromatic heterocycles. The van der Waals surface area contributed by atoms with Gasteiger partial charge in [0.25, 0.3) is 0 Å². The average molecular weight is 203 g/mol. The van der Waals surface area contributed by atoms with E-state index in [0.29, 0.717) is 0 Å². The van der Waals surface area contributed by atoms with Crippen LogP contribution >= 0.6 is 0 Å². The Morgan fingerprint density at radius 1 is 1.14 bits per heavy atom. The average Bonchev–Trinajstić information content (AvgIpc) is 2.46. The summed E-state index contributed by atoms with van der Waals surface area (Å²) in [5, 5.41) is 3.01. The number of aromatic nitrogens is 1. The van der Waals surface area contributed by atoms with E-state index in [-0.39, 0.29) is 0 Å². The number of H-pyrrole nitrogens is 1. The third kappa shape index (κ3) is 1.40. The van der Waals surface area contributed by atoms with Gasteiger partial charge in [-0.15, -0.1) is 0 Å². The number of aromatic amines is 1. The maximum atomic E-state index is 3.32. The molecule has 14 heavy (non-hydrogen) atoms. The van der Waals surface area contributed by atoms with Crippen molar-refractivity contribution in [2.75, 3.05) is 0 Å². The largest absolute Gasteiger partial charge is 0.361 e. The molecule has 74 valence electrons. The second-order valence-corrected chi connectivity index (χ2v) is 9.99. The Bertz CT molecular complexity index is 463. The van der Waals surface area contributed by atoms with Gasteiger partial charge in [-0.1, -0.05) is 37.0 Å². The fourth-order valence-corrected chi connectivity index (χ4v) is 3.66. The molecule has 0 aliphatic carbocycles. The van der Waals surface area contributed by atoms with Crippen molar-refractivity contribution >= 4 is 24.2 Å². The first-order chi connectivity index (χ1) is 6.50. The minimum atomic E-state index is -1.21. The Balaban J connectivity index is 2.82. The second kappa shape index (κ2) is 2.99. The molecule has 1 N–H and O–H groups in total. The highest BCUT2D eigenvalue weighted by Crippen LogP contribution is 2.18. The lowest BCUT2D eigenvalue weighted by Crippen LogP contribution is -2.38. The summed E-state index contributed by atoms with van der Waals surface area (Å²) in [5.41, 5.74) is 2.65. The lowest BCUT2D eigenvalue weighted by molar-refractivity contribution is 1.43. The topological polar surface area (TPSA) is 15.8 Å². The summed E-state index contributed by atoms with van der Waals surface area (Å²) in [4.78, 5) is 3.32. The molecule has 0 spiro atoms. The number of rotatable bonds is 1. The third-order valence-corrected chi connectivity index (χ3v) is 4.74. The Hall–Kier alpha value is -1.02. The fraction of sp³-hybridized carbons (Fsp3) is 0.333. The number of hydrogen-bond donors (Lipinski definition) is 1. The Morgan fingerprint density at radius 3 is 2.50 bits per heavy atom. The molecule has 1 heterocycles. The van der Waals surface area contributed by atoms with Gasteiger partial charge in [-0.05, 0) is 18.6 Å². The highest BCUT2D eigenvalue weighted by atomic mass is 28.3. The minimum Gasteiger partial charge on any atom is -0.361 e. The summed E-state index contributed by atoms with van der Waals surface area (Å²) in [7, 11) is -1.21. The van der Waals surface area contributed by atoms with Crippen LogP contribution in [0.3, 0.4) is 0 Å². The molecule has 0 bridgehead atoms. The summed E-state index contributed by atoms with van der Waals surface area (Å²) in [6, 6.07) is 6.60. The van der Waals surface area contributed by atoms with Gasteiger partial charge in [0.05, 0.1) is 8.07 Å². The zero-order valence-electron chi connectivity index (χ0n) is 9.31. The lowest BCUT2D eigenvalue weighted by Gasteiger charge is -2.18. The van der Waals surface area contributed by atoms with Crippen LogP contribution in [0.25, 0.3) is 10.9 Å². The predicted octanol–water partition coefficient (Wildman–Crippen LogP) is 3.02. The van der Waals surface area contributed by atoms with Crippen molar-refractivity contribution in [3.8, 4) is 0 Å². The van der Waals surface area contributed by atoms with Gasteiger partial charge in [0.1, 0.15) is 0 Å². The number of hydrogen-bond acceptors (Lipinski definition) is 0. The zero-order valence-corrected chi connectivity index (χ0v) is 10.3. The third-order valence-electron chi connectivity index (χ3n) is 2.71. The standard InChI is InChI=1S/C12H17NSi/c1-9-8-13-10-6-5-7-11(12(9)10)14(2,3)4/h5-8,13H,1-4H3. The van der Waals surface area contributed by atoms with Crippen molar-refractivity contribution in [1.82, 2.24) is 4.98 Å². The highest BCUT2D eigenvalue weighted by molar-refractivity contribution is 6.90. The Kier molecular flexibility index (Phi) is 2.03. The molecule has 0 atom stereocenters. The van der Waals surface area contributed by atoms with E-state index in [0.717, 1.165) is 0 Å². The van der Waals surface area contributed by atoms with Crippen LogP contribution < -0.4 is 5.19 Å². The van der Waals surface area contributed by atoms with E-state index in [2.05, 4.69) is 55.9 Å². The van der Waals surface area contributed by atoms with Crippen LogP contribution in [-0.4, -0.2) is 13.1 Å². The first-order valence-electron chi connectivity index (χ1n) is 5.07. The molecule has 0 saturated carbocycles. The summed E-state index contributed by atoms with van der Waals surface area (Å²) in [6.45, 7) is 9.37. The van der Waals surface area contributed by atoms with Crippen molar-refractivity contribution < 1.29 is 0 Å². The molecular formula is C12H17NSi. The van der Waals surface area contributed by atoms with Crippen LogP contribution in [0.1, 0.15) is 5.56 Å². The number of fused-ring (bicyclic) bond motifs is 1. The first-order valence-corrected chi connectivity index (χ1v) is 8.57. The lowest BCUT2D eigenvalue weighted by atomic mass is 10.2. The van der Waals surface area contributed by atoms with Gasteiger partial charge in [-0.3, -0.25) is 0 Å². The highest BCUT2D eigenvalue weighted by Gasteiger charge is 2.20. The monoisotopic (exact) mass is 203 g/mol. The molecule has 2 aromatic rings. The van der Waals surface area contributed by atoms with Crippen LogP contribution in [0.15, 0.2) is 24.4 Å². The molecule has 2 heteroatoms. The molecule has 0 amide bonds. The van der Waals surface area contributed by atoms with E-state index in [4.69, 9.17) is 0 Å². The fourth-order valence-electron chi connectivity index (χ4n) is 1.98. The van der Waals surface area contributed by atoms with E-state index in [1.807, 2.05) is 0 Å². The minimum absolute atomic E-state index is 1.21. The van der Waals surface area contributed by atoms with Crippen molar-refractivity contribution in [3.05, 3.63) is 30.0 Å². The van der Waals surface area contributed by atoms with E-state index in [9.17, 15) is 0 Å². The van der Waals surface area contributed by atoms with Crippen LogP contribution in [0.4, 0.5) is 0 Å². The predicted molar refractivity (Wildman–Crippen MR) is 66.0 cm³/mol. The quantitative estimate of drug-likeness (QED) is 0.686. The van der Waals surface area contributed by atoms with E-state index >= 15 is 0 Å². The zero-order chi connectivity index (χ0) is 10.3. The van der Waals surface area contributed by atoms with Gasteiger partial charge >= 0.3 is 0 Å². The Morgan fingerprint density at radius 2 is 1.86 bits per heavy atom. The van der Waals surface area contributed by atoms with Crippen LogP contribution in [0.2, 0.25) is 19.6 Å². The normalized spacial score (nSPS) is 12.3. The van der Waals surface area contributed by atoms with E-state index < -0.39 is 8.07 Å². The molecule has 0 aliphatic heterocycles. The molecule has 0 aliphatic rings. The molecule has 1 nitrogen and oxygen atoms in total. The maximum Gasteiger partial charge on any atom is 0.0784 e. The number of aryl methyl sites for hydroxylation is 1. The van der Waals surface area contributed by atoms with Gasteiger partial charge in [0.2, 0.25) is 0 Å². The summed E-state index contributed by atoms with van der Waals surface area (Å²) < 4.78 is 0. The molecule has 0 fully saturated rings. The summed E-state index contributed by atoms with van der Waals surface area (Å²) in [5.74, 6) is 0. The van der Waals surface area contributed by atoms with Crippen LogP contribution in [-0.2, 0) is 0 Å². The number of nitrogens with one attached hydrogen (secondary N) is 1. The van der Waals surface area contributed by atoms with E-state index in [1.165, 1.54) is 16.5 Å². The number of benzene rings is 1. The molecule has 0 unspecified atom stereocenters. The van der Waals surface area contributed by atoms with Crippen molar-refractivity contribution in [2.24, 2.45) is 0 Å². The molecule has 2 rings (SSSR count). The summed E-state index contributed by atoms with van der Waals surface area (Å²) >= 11 is 0. The molecule has 1 aromatic carbocycles. The maximum absolute atomic E-state index is 3.32. The van der Waals surface area contributed by atoms with Gasteiger partial charge in [0.15, 0.2) is 0 Å². The van der Waals surface area contributed by atoms with Crippen molar-refractivity contribution in [2.45, 2.75) is 26.6 Å². The second-order valence-electron chi connectivity index (χ2n) is 4.95. The molecular weight excluding hydrogens is 186 g/mol. The first kappa shape index (κ1) is 9.53. The van der Waals surface area contributed by atoms with Gasteiger partial charge in [-0.25, -0.2) is 0 Å². The van der Waals surface area contributed by atoms with Crippen LogP contribution in [0.5, 0.6) is 0 Å². The SMILES string of the molecule is Cc1c[nH]c2cccc([Si](C)(C)C)c12.